The Labute approximate surface area is 156 Å². The van der Waals surface area contributed by atoms with Crippen molar-refractivity contribution in [3.8, 4) is 17.2 Å². The van der Waals surface area contributed by atoms with Gasteiger partial charge in [0.25, 0.3) is 5.91 Å². The lowest BCUT2D eigenvalue weighted by molar-refractivity contribution is -0.138. The fraction of sp³-hybridized carbons (Fsp3) is 0.300. The first-order valence-corrected chi connectivity index (χ1v) is 8.50. The van der Waals surface area contributed by atoms with E-state index in [-0.39, 0.29) is 6.42 Å². The largest absolute Gasteiger partial charge is 0.497 e. The number of benzene rings is 2. The van der Waals surface area contributed by atoms with Gasteiger partial charge in [-0.2, -0.15) is 0 Å². The summed E-state index contributed by atoms with van der Waals surface area (Å²) in [6.07, 6.45) is -0.281. The molecule has 1 aliphatic rings. The zero-order valence-corrected chi connectivity index (χ0v) is 15.2. The molecule has 0 saturated heterocycles. The molecule has 2 aromatic carbocycles. The van der Waals surface area contributed by atoms with Crippen LogP contribution < -0.4 is 19.5 Å². The van der Waals surface area contributed by atoms with E-state index in [0.717, 1.165) is 0 Å². The normalized spacial score (nSPS) is 14.7. The van der Waals surface area contributed by atoms with E-state index in [1.807, 2.05) is 0 Å². The van der Waals surface area contributed by atoms with Gasteiger partial charge in [-0.05, 0) is 42.8 Å². The zero-order chi connectivity index (χ0) is 19.4. The molecular formula is C20H21NO6. The van der Waals surface area contributed by atoms with Gasteiger partial charge in [0, 0.05) is 5.56 Å². The minimum absolute atomic E-state index is 0.281. The van der Waals surface area contributed by atoms with E-state index >= 15 is 0 Å². The van der Waals surface area contributed by atoms with Crippen LogP contribution in [0.25, 0.3) is 0 Å². The van der Waals surface area contributed by atoms with Crippen molar-refractivity contribution in [2.24, 2.45) is 0 Å². The van der Waals surface area contributed by atoms with Gasteiger partial charge in [-0.3, -0.25) is 9.59 Å². The van der Waals surface area contributed by atoms with E-state index in [0.29, 0.717) is 41.6 Å². The van der Waals surface area contributed by atoms with E-state index < -0.39 is 17.4 Å². The third-order valence-electron chi connectivity index (χ3n) is 4.41. The number of hydrogen-bond donors (Lipinski definition) is 2. The fourth-order valence-corrected chi connectivity index (χ4v) is 2.99. The SMILES string of the molecule is COc1cccc(C(C)(CC(=O)O)NC(=O)c2ccc3c(c2)OCCO3)c1. The summed E-state index contributed by atoms with van der Waals surface area (Å²) in [6.45, 7) is 2.55. The predicted molar refractivity (Wildman–Crippen MR) is 97.5 cm³/mol. The highest BCUT2D eigenvalue weighted by Crippen LogP contribution is 2.32. The molecule has 2 aromatic rings. The molecule has 3 rings (SSSR count). The van der Waals surface area contributed by atoms with Gasteiger partial charge in [0.1, 0.15) is 19.0 Å². The van der Waals surface area contributed by atoms with Crippen molar-refractivity contribution >= 4 is 11.9 Å². The molecule has 1 aliphatic heterocycles. The standard InChI is InChI=1S/C20H21NO6/c1-20(12-18(22)23,14-4-3-5-15(11-14)25-2)21-19(24)13-6-7-16-17(10-13)27-9-8-26-16/h3-7,10-11H,8-9,12H2,1-2H3,(H,21,24)(H,22,23). The number of carbonyl (C=O) groups excluding carboxylic acids is 1. The van der Waals surface area contributed by atoms with Gasteiger partial charge in [0.05, 0.1) is 19.1 Å². The first-order chi connectivity index (χ1) is 12.9. The van der Waals surface area contributed by atoms with Gasteiger partial charge in [-0.1, -0.05) is 12.1 Å². The Balaban J connectivity index is 1.89. The summed E-state index contributed by atoms with van der Waals surface area (Å²) in [5, 5.41) is 12.2. The molecule has 1 unspecified atom stereocenters. The number of methoxy groups -OCH3 is 1. The zero-order valence-electron chi connectivity index (χ0n) is 15.2. The van der Waals surface area contributed by atoms with Crippen LogP contribution in [0.2, 0.25) is 0 Å². The maximum atomic E-state index is 12.8. The maximum Gasteiger partial charge on any atom is 0.306 e. The van der Waals surface area contributed by atoms with Gasteiger partial charge in [0.15, 0.2) is 11.5 Å². The number of rotatable bonds is 6. The Hall–Kier alpha value is -3.22. The molecule has 0 aliphatic carbocycles. The minimum atomic E-state index is -1.12. The number of hydrogen-bond acceptors (Lipinski definition) is 5. The van der Waals surface area contributed by atoms with Crippen molar-refractivity contribution in [3.05, 3.63) is 53.6 Å². The highest BCUT2D eigenvalue weighted by Gasteiger charge is 2.32. The van der Waals surface area contributed by atoms with Crippen LogP contribution in [-0.4, -0.2) is 37.3 Å². The van der Waals surface area contributed by atoms with Crippen molar-refractivity contribution in [2.45, 2.75) is 18.9 Å². The lowest BCUT2D eigenvalue weighted by atomic mass is 9.88. The quantitative estimate of drug-likeness (QED) is 0.811. The minimum Gasteiger partial charge on any atom is -0.497 e. The van der Waals surface area contributed by atoms with Crippen LogP contribution >= 0.6 is 0 Å². The summed E-state index contributed by atoms with van der Waals surface area (Å²) in [6, 6.07) is 11.9. The average Bonchev–Trinajstić information content (AvgIpc) is 2.67. The Morgan fingerprint density at radius 2 is 1.89 bits per heavy atom. The number of nitrogens with one attached hydrogen (secondary N) is 1. The van der Waals surface area contributed by atoms with Crippen molar-refractivity contribution < 1.29 is 28.9 Å². The topological polar surface area (TPSA) is 94.1 Å². The van der Waals surface area contributed by atoms with Crippen molar-refractivity contribution in [1.82, 2.24) is 5.32 Å². The van der Waals surface area contributed by atoms with E-state index in [1.54, 1.807) is 49.4 Å². The Bertz CT molecular complexity index is 865. The molecule has 0 saturated carbocycles. The lowest BCUT2D eigenvalue weighted by Gasteiger charge is -2.30. The van der Waals surface area contributed by atoms with Crippen LogP contribution in [0, 0.1) is 0 Å². The van der Waals surface area contributed by atoms with Gasteiger partial charge >= 0.3 is 5.97 Å². The molecular weight excluding hydrogens is 350 g/mol. The molecule has 1 atom stereocenters. The summed E-state index contributed by atoms with van der Waals surface area (Å²) in [7, 11) is 1.53. The number of carboxylic acid groups (broad SMARTS) is 1. The monoisotopic (exact) mass is 371 g/mol. The van der Waals surface area contributed by atoms with E-state index in [1.165, 1.54) is 7.11 Å². The highest BCUT2D eigenvalue weighted by atomic mass is 16.6. The Kier molecular flexibility index (Phi) is 5.21. The molecule has 7 heteroatoms. The number of amides is 1. The highest BCUT2D eigenvalue weighted by molar-refractivity contribution is 5.95. The summed E-state index contributed by atoms with van der Waals surface area (Å²) < 4.78 is 16.2. The van der Waals surface area contributed by atoms with Gasteiger partial charge in [0.2, 0.25) is 0 Å². The first kappa shape index (κ1) is 18.6. The van der Waals surface area contributed by atoms with Gasteiger partial charge in [-0.15, -0.1) is 0 Å². The second kappa shape index (κ2) is 7.57. The van der Waals surface area contributed by atoms with Gasteiger partial charge < -0.3 is 24.6 Å². The van der Waals surface area contributed by atoms with Crippen LogP contribution in [0.4, 0.5) is 0 Å². The molecule has 142 valence electrons. The summed E-state index contributed by atoms with van der Waals surface area (Å²) in [5.74, 6) is 0.230. The fourth-order valence-electron chi connectivity index (χ4n) is 2.99. The van der Waals surface area contributed by atoms with Crippen LogP contribution in [0.1, 0.15) is 29.3 Å². The number of carboxylic acids is 1. The molecule has 27 heavy (non-hydrogen) atoms. The molecule has 1 heterocycles. The molecule has 0 aromatic heterocycles. The van der Waals surface area contributed by atoms with Crippen molar-refractivity contribution in [1.29, 1.82) is 0 Å². The van der Waals surface area contributed by atoms with Crippen molar-refractivity contribution in [2.75, 3.05) is 20.3 Å². The second-order valence-electron chi connectivity index (χ2n) is 6.45. The molecule has 2 N–H and O–H groups in total. The summed E-state index contributed by atoms with van der Waals surface area (Å²) in [4.78, 5) is 24.3. The number of aliphatic carboxylic acids is 1. The average molecular weight is 371 g/mol. The molecule has 0 radical (unpaired) electrons. The van der Waals surface area contributed by atoms with Crippen LogP contribution in [0.15, 0.2) is 42.5 Å². The lowest BCUT2D eigenvalue weighted by Crippen LogP contribution is -2.45. The first-order valence-electron chi connectivity index (χ1n) is 8.50. The van der Waals surface area contributed by atoms with Crippen LogP contribution in [-0.2, 0) is 10.3 Å². The third kappa shape index (κ3) is 4.13. The van der Waals surface area contributed by atoms with E-state index in [9.17, 15) is 14.7 Å². The van der Waals surface area contributed by atoms with E-state index in [4.69, 9.17) is 14.2 Å². The maximum absolute atomic E-state index is 12.8. The number of carbonyl (C=O) groups is 2. The smallest absolute Gasteiger partial charge is 0.306 e. The molecule has 7 nitrogen and oxygen atoms in total. The number of ether oxygens (including phenoxy) is 3. The summed E-state index contributed by atoms with van der Waals surface area (Å²) >= 11 is 0. The van der Waals surface area contributed by atoms with Crippen LogP contribution in [0.3, 0.4) is 0 Å². The molecule has 0 bridgehead atoms. The molecule has 0 spiro atoms. The summed E-state index contributed by atoms with van der Waals surface area (Å²) in [5.41, 5.74) is -0.126. The predicted octanol–water partition coefficient (Wildman–Crippen LogP) is 2.59. The second-order valence-corrected chi connectivity index (χ2v) is 6.45. The third-order valence-corrected chi connectivity index (χ3v) is 4.41. The molecule has 0 fully saturated rings. The van der Waals surface area contributed by atoms with Crippen LogP contribution in [0.5, 0.6) is 17.2 Å². The van der Waals surface area contributed by atoms with Gasteiger partial charge in [-0.25, -0.2) is 0 Å². The Morgan fingerprint density at radius 3 is 2.59 bits per heavy atom. The number of fused-ring (bicyclic) bond motifs is 1. The van der Waals surface area contributed by atoms with E-state index in [2.05, 4.69) is 5.32 Å². The molecule has 1 amide bonds. The van der Waals surface area contributed by atoms with Crippen molar-refractivity contribution in [3.63, 3.8) is 0 Å². The Morgan fingerprint density at radius 1 is 1.15 bits per heavy atom.